The Morgan fingerprint density at radius 2 is 1.73 bits per heavy atom. The normalized spacial score (nSPS) is 17.3. The number of carbonyl (C=O) groups is 1. The van der Waals surface area contributed by atoms with Gasteiger partial charge < -0.3 is 14.5 Å². The van der Waals surface area contributed by atoms with Crippen molar-refractivity contribution in [3.05, 3.63) is 94.7 Å². The number of rotatable bonds is 8. The summed E-state index contributed by atoms with van der Waals surface area (Å²) < 4.78 is 11.3. The molecular weight excluding hydrogens is 458 g/mol. The number of esters is 1. The molecule has 0 spiro atoms. The van der Waals surface area contributed by atoms with Gasteiger partial charge in [-0.1, -0.05) is 42.8 Å². The zero-order valence-electron chi connectivity index (χ0n) is 22.2. The SMILES string of the molecule is CCOc1ccc(C2CC(CCC(=O)Oc3ccc(C)cc3)CCc3c2[nH]c2ccc(CC)cc32)cc1. The van der Waals surface area contributed by atoms with Crippen molar-refractivity contribution in [2.75, 3.05) is 6.61 Å². The number of benzene rings is 3. The van der Waals surface area contributed by atoms with Crippen LogP contribution in [-0.2, 0) is 17.6 Å². The lowest BCUT2D eigenvalue weighted by Gasteiger charge is -2.21. The number of aromatic amines is 1. The number of aromatic nitrogens is 1. The van der Waals surface area contributed by atoms with Crippen molar-refractivity contribution < 1.29 is 14.3 Å². The largest absolute Gasteiger partial charge is 0.494 e. The highest BCUT2D eigenvalue weighted by molar-refractivity contribution is 5.86. The van der Waals surface area contributed by atoms with Gasteiger partial charge in [-0.3, -0.25) is 4.79 Å². The van der Waals surface area contributed by atoms with E-state index in [1.165, 1.54) is 33.3 Å². The van der Waals surface area contributed by atoms with Crippen LogP contribution in [0.3, 0.4) is 0 Å². The molecule has 0 saturated heterocycles. The first-order chi connectivity index (χ1) is 18.0. The molecule has 1 aliphatic rings. The Kier molecular flexibility index (Phi) is 7.64. The average molecular weight is 496 g/mol. The lowest BCUT2D eigenvalue weighted by molar-refractivity contribution is -0.134. The van der Waals surface area contributed by atoms with Crippen LogP contribution in [0.4, 0.5) is 0 Å². The van der Waals surface area contributed by atoms with Gasteiger partial charge in [0.25, 0.3) is 0 Å². The number of aryl methyl sites for hydroxylation is 3. The zero-order valence-corrected chi connectivity index (χ0v) is 22.2. The number of hydrogen-bond acceptors (Lipinski definition) is 3. The number of fused-ring (bicyclic) bond motifs is 3. The van der Waals surface area contributed by atoms with E-state index in [1.807, 2.05) is 38.1 Å². The summed E-state index contributed by atoms with van der Waals surface area (Å²) in [6.45, 7) is 6.91. The summed E-state index contributed by atoms with van der Waals surface area (Å²) in [4.78, 5) is 16.4. The molecule has 5 rings (SSSR count). The summed E-state index contributed by atoms with van der Waals surface area (Å²) in [6.07, 6.45) is 5.40. The summed E-state index contributed by atoms with van der Waals surface area (Å²) in [5.74, 6) is 2.06. The highest BCUT2D eigenvalue weighted by atomic mass is 16.5. The molecule has 192 valence electrons. The highest BCUT2D eigenvalue weighted by Gasteiger charge is 2.29. The van der Waals surface area contributed by atoms with Gasteiger partial charge in [0.1, 0.15) is 11.5 Å². The molecule has 0 fully saturated rings. The molecule has 2 atom stereocenters. The maximum atomic E-state index is 12.6. The number of hydrogen-bond donors (Lipinski definition) is 1. The molecule has 1 aromatic heterocycles. The van der Waals surface area contributed by atoms with Crippen molar-refractivity contribution in [3.63, 3.8) is 0 Å². The summed E-state index contributed by atoms with van der Waals surface area (Å²) in [5.41, 5.74) is 7.80. The van der Waals surface area contributed by atoms with E-state index in [4.69, 9.17) is 9.47 Å². The molecule has 4 heteroatoms. The van der Waals surface area contributed by atoms with Crippen LogP contribution in [-0.4, -0.2) is 17.6 Å². The Bertz CT molecular complexity index is 1350. The summed E-state index contributed by atoms with van der Waals surface area (Å²) >= 11 is 0. The molecule has 0 aliphatic heterocycles. The molecule has 2 unspecified atom stereocenters. The minimum absolute atomic E-state index is 0.151. The van der Waals surface area contributed by atoms with E-state index in [2.05, 4.69) is 54.4 Å². The highest BCUT2D eigenvalue weighted by Crippen LogP contribution is 2.42. The fraction of sp³-hybridized carbons (Fsp3) is 0.364. The number of carbonyl (C=O) groups excluding carboxylic acids is 1. The molecule has 0 saturated carbocycles. The molecule has 3 aromatic carbocycles. The summed E-state index contributed by atoms with van der Waals surface area (Å²) in [7, 11) is 0. The van der Waals surface area contributed by atoms with Crippen molar-refractivity contribution in [1.82, 2.24) is 4.98 Å². The monoisotopic (exact) mass is 495 g/mol. The smallest absolute Gasteiger partial charge is 0.311 e. The van der Waals surface area contributed by atoms with Crippen molar-refractivity contribution in [3.8, 4) is 11.5 Å². The van der Waals surface area contributed by atoms with Crippen LogP contribution in [0.2, 0.25) is 0 Å². The predicted octanol–water partition coefficient (Wildman–Crippen LogP) is 7.91. The third-order valence-electron chi connectivity index (χ3n) is 7.73. The van der Waals surface area contributed by atoms with Crippen LogP contribution in [0.25, 0.3) is 10.9 Å². The molecule has 4 aromatic rings. The van der Waals surface area contributed by atoms with E-state index >= 15 is 0 Å². The Morgan fingerprint density at radius 1 is 0.973 bits per heavy atom. The molecule has 1 aliphatic carbocycles. The summed E-state index contributed by atoms with van der Waals surface area (Å²) in [6, 6.07) is 23.1. The van der Waals surface area contributed by atoms with Crippen LogP contribution < -0.4 is 9.47 Å². The van der Waals surface area contributed by atoms with E-state index in [0.717, 1.165) is 43.4 Å². The lowest BCUT2D eigenvalue weighted by Crippen LogP contribution is -2.13. The Hall–Kier alpha value is -3.53. The number of nitrogens with one attached hydrogen (secondary N) is 1. The molecule has 0 amide bonds. The lowest BCUT2D eigenvalue weighted by atomic mass is 9.85. The van der Waals surface area contributed by atoms with Crippen LogP contribution in [0.1, 0.15) is 73.4 Å². The molecule has 1 heterocycles. The minimum Gasteiger partial charge on any atom is -0.494 e. The third-order valence-corrected chi connectivity index (χ3v) is 7.73. The maximum absolute atomic E-state index is 12.6. The van der Waals surface area contributed by atoms with Gasteiger partial charge in [0.15, 0.2) is 0 Å². The molecule has 0 radical (unpaired) electrons. The van der Waals surface area contributed by atoms with Crippen molar-refractivity contribution in [1.29, 1.82) is 0 Å². The van der Waals surface area contributed by atoms with Crippen molar-refractivity contribution >= 4 is 16.9 Å². The van der Waals surface area contributed by atoms with Gasteiger partial charge in [-0.2, -0.15) is 0 Å². The second-order valence-corrected chi connectivity index (χ2v) is 10.3. The average Bonchev–Trinajstić information content (AvgIpc) is 3.17. The van der Waals surface area contributed by atoms with Crippen LogP contribution >= 0.6 is 0 Å². The van der Waals surface area contributed by atoms with E-state index in [1.54, 1.807) is 0 Å². The minimum atomic E-state index is -0.151. The molecular formula is C33H37NO3. The van der Waals surface area contributed by atoms with Crippen molar-refractivity contribution in [2.45, 2.75) is 65.2 Å². The van der Waals surface area contributed by atoms with Crippen LogP contribution in [0.15, 0.2) is 66.7 Å². The molecule has 0 bridgehead atoms. The molecule has 37 heavy (non-hydrogen) atoms. The van der Waals surface area contributed by atoms with Gasteiger partial charge >= 0.3 is 5.97 Å². The van der Waals surface area contributed by atoms with E-state index in [-0.39, 0.29) is 11.9 Å². The molecule has 1 N–H and O–H groups in total. The second kappa shape index (κ2) is 11.2. The van der Waals surface area contributed by atoms with Crippen molar-refractivity contribution in [2.24, 2.45) is 5.92 Å². The zero-order chi connectivity index (χ0) is 25.8. The molecule has 4 nitrogen and oxygen atoms in total. The van der Waals surface area contributed by atoms with E-state index < -0.39 is 0 Å². The summed E-state index contributed by atoms with van der Waals surface area (Å²) in [5, 5.41) is 1.35. The Balaban J connectivity index is 1.38. The van der Waals surface area contributed by atoms with Gasteiger partial charge in [0, 0.05) is 28.9 Å². The Labute approximate surface area is 220 Å². The first-order valence-electron chi connectivity index (χ1n) is 13.7. The van der Waals surface area contributed by atoms with Gasteiger partial charge in [-0.05, 0) is 105 Å². The van der Waals surface area contributed by atoms with Gasteiger partial charge in [0.2, 0.25) is 0 Å². The number of ether oxygens (including phenoxy) is 2. The first kappa shape index (κ1) is 25.1. The topological polar surface area (TPSA) is 51.3 Å². The van der Waals surface area contributed by atoms with E-state index in [9.17, 15) is 4.79 Å². The predicted molar refractivity (Wildman–Crippen MR) is 150 cm³/mol. The third kappa shape index (κ3) is 5.74. The van der Waals surface area contributed by atoms with Gasteiger partial charge in [-0.15, -0.1) is 0 Å². The van der Waals surface area contributed by atoms with E-state index in [0.29, 0.717) is 24.7 Å². The maximum Gasteiger partial charge on any atom is 0.311 e. The van der Waals surface area contributed by atoms with Crippen LogP contribution in [0, 0.1) is 12.8 Å². The van der Waals surface area contributed by atoms with Gasteiger partial charge in [-0.25, -0.2) is 0 Å². The fourth-order valence-corrected chi connectivity index (χ4v) is 5.66. The quantitative estimate of drug-likeness (QED) is 0.153. The van der Waals surface area contributed by atoms with Crippen LogP contribution in [0.5, 0.6) is 11.5 Å². The number of H-pyrrole nitrogens is 1. The first-order valence-corrected chi connectivity index (χ1v) is 13.7. The Morgan fingerprint density at radius 3 is 2.46 bits per heavy atom. The fourth-order valence-electron chi connectivity index (χ4n) is 5.66. The second-order valence-electron chi connectivity index (χ2n) is 10.3. The van der Waals surface area contributed by atoms with Gasteiger partial charge in [0.05, 0.1) is 6.61 Å². The standard InChI is InChI=1S/C33H37NO3/c1-4-23-9-18-31-30(20-23)28-17-8-24(10-19-32(35)37-27-13-6-22(3)7-14-27)21-29(33(28)34-31)25-11-15-26(16-12-25)36-5-2/h6-7,9,11-16,18,20,24,29,34H,4-5,8,10,17,19,21H2,1-3H3.